The number of carbonyl (C=O) groups is 1. The lowest BCUT2D eigenvalue weighted by atomic mass is 10.1. The molecule has 36 heavy (non-hydrogen) atoms. The van der Waals surface area contributed by atoms with Crippen LogP contribution in [0.1, 0.15) is 25.8 Å². The largest absolute Gasteiger partial charge is 0.494 e. The zero-order valence-electron chi connectivity index (χ0n) is 21.1. The Labute approximate surface area is 215 Å². The average molecular weight is 513 g/mol. The Morgan fingerprint density at radius 3 is 2.53 bits per heavy atom. The summed E-state index contributed by atoms with van der Waals surface area (Å²) in [5.74, 6) is 2.32. The van der Waals surface area contributed by atoms with E-state index in [0.717, 1.165) is 26.1 Å². The van der Waals surface area contributed by atoms with Crippen LogP contribution in [0, 0.1) is 11.7 Å². The molecule has 0 amide bonds. The lowest BCUT2D eigenvalue weighted by Gasteiger charge is -2.26. The van der Waals surface area contributed by atoms with E-state index in [1.807, 2.05) is 49.9 Å². The van der Waals surface area contributed by atoms with Crippen molar-refractivity contribution in [1.82, 2.24) is 19.2 Å². The molecule has 0 unspecified atom stereocenters. The molecule has 0 bridgehead atoms. The lowest BCUT2D eigenvalue weighted by molar-refractivity contribution is -0.120. The third-order valence-electron chi connectivity index (χ3n) is 6.24. The minimum atomic E-state index is -0.510. The predicted molar refractivity (Wildman–Crippen MR) is 142 cm³/mol. The van der Waals surface area contributed by atoms with Gasteiger partial charge in [0.15, 0.2) is 23.2 Å². The normalized spacial score (nSPS) is 14.4. The highest BCUT2D eigenvalue weighted by Gasteiger charge is 2.20. The van der Waals surface area contributed by atoms with Crippen molar-refractivity contribution in [2.45, 2.75) is 33.2 Å². The summed E-state index contributed by atoms with van der Waals surface area (Å²) in [6.07, 6.45) is 1.30. The number of ether oxygens (including phenoxy) is 1. The van der Waals surface area contributed by atoms with Crippen molar-refractivity contribution in [1.29, 1.82) is 0 Å². The summed E-state index contributed by atoms with van der Waals surface area (Å²) in [5.41, 5.74) is 1.89. The van der Waals surface area contributed by atoms with Crippen LogP contribution in [0.15, 0.2) is 47.3 Å². The zero-order chi connectivity index (χ0) is 25.7. The standard InChI is InChI=1S/C27H33FN4O3S/c1-19(2)16-23(33)18-31-26(21-6-9-24(28)25(17-21)35-3)29-32(27(31)34)22-7-4-20(5-8-22)10-11-30-12-14-36-15-13-30/h4-9,17,19H,10-16,18H2,1-3H3. The highest BCUT2D eigenvalue weighted by Crippen LogP contribution is 2.25. The second kappa shape index (κ2) is 11.9. The Kier molecular flexibility index (Phi) is 8.64. The van der Waals surface area contributed by atoms with Gasteiger partial charge < -0.3 is 9.64 Å². The SMILES string of the molecule is COc1cc(-c2nn(-c3ccc(CCN4CCSCC4)cc3)c(=O)n2CC(=O)CC(C)C)ccc1F. The van der Waals surface area contributed by atoms with Crippen LogP contribution >= 0.6 is 11.8 Å². The number of hydrogen-bond donors (Lipinski definition) is 0. The van der Waals surface area contributed by atoms with Gasteiger partial charge in [0, 0.05) is 43.1 Å². The first-order valence-electron chi connectivity index (χ1n) is 12.3. The predicted octanol–water partition coefficient (Wildman–Crippen LogP) is 4.06. The van der Waals surface area contributed by atoms with E-state index in [1.165, 1.54) is 51.6 Å². The molecule has 4 rings (SSSR count). The van der Waals surface area contributed by atoms with Crippen LogP contribution in [-0.2, 0) is 17.8 Å². The third-order valence-corrected chi connectivity index (χ3v) is 7.19. The maximum atomic E-state index is 14.0. The van der Waals surface area contributed by atoms with Crippen molar-refractivity contribution < 1.29 is 13.9 Å². The quantitative estimate of drug-likeness (QED) is 0.408. The van der Waals surface area contributed by atoms with Crippen molar-refractivity contribution in [3.63, 3.8) is 0 Å². The summed E-state index contributed by atoms with van der Waals surface area (Å²) < 4.78 is 21.8. The van der Waals surface area contributed by atoms with Gasteiger partial charge in [-0.05, 0) is 48.2 Å². The number of ketones is 1. The number of benzene rings is 2. The summed E-state index contributed by atoms with van der Waals surface area (Å²) in [4.78, 5) is 28.5. The van der Waals surface area contributed by atoms with E-state index in [4.69, 9.17) is 4.74 Å². The highest BCUT2D eigenvalue weighted by molar-refractivity contribution is 7.99. The zero-order valence-corrected chi connectivity index (χ0v) is 21.9. The third kappa shape index (κ3) is 6.25. The Morgan fingerprint density at radius 1 is 1.14 bits per heavy atom. The number of hydrogen-bond acceptors (Lipinski definition) is 6. The number of nitrogens with zero attached hydrogens (tertiary/aromatic N) is 4. The van der Waals surface area contributed by atoms with E-state index in [1.54, 1.807) is 0 Å². The van der Waals surface area contributed by atoms with Crippen molar-refractivity contribution in [3.05, 3.63) is 64.3 Å². The van der Waals surface area contributed by atoms with Crippen LogP contribution in [0.4, 0.5) is 4.39 Å². The van der Waals surface area contributed by atoms with Gasteiger partial charge in [-0.15, -0.1) is 5.10 Å². The van der Waals surface area contributed by atoms with E-state index in [-0.39, 0.29) is 24.0 Å². The average Bonchev–Trinajstić information content (AvgIpc) is 3.19. The van der Waals surface area contributed by atoms with E-state index in [2.05, 4.69) is 10.00 Å². The maximum absolute atomic E-state index is 14.0. The number of halogens is 1. The molecule has 0 radical (unpaired) electrons. The monoisotopic (exact) mass is 512 g/mol. The minimum absolute atomic E-state index is 0.0474. The number of thioether (sulfide) groups is 1. The first-order valence-corrected chi connectivity index (χ1v) is 13.5. The van der Waals surface area contributed by atoms with Gasteiger partial charge in [-0.1, -0.05) is 26.0 Å². The molecule has 0 saturated carbocycles. The van der Waals surface area contributed by atoms with Gasteiger partial charge in [-0.25, -0.2) is 9.18 Å². The van der Waals surface area contributed by atoms with Crippen LogP contribution in [0.3, 0.4) is 0 Å². The summed E-state index contributed by atoms with van der Waals surface area (Å²) in [6, 6.07) is 12.1. The van der Waals surface area contributed by atoms with Gasteiger partial charge in [-0.2, -0.15) is 16.4 Å². The summed E-state index contributed by atoms with van der Waals surface area (Å²) in [6.45, 7) is 7.09. The second-order valence-electron chi connectivity index (χ2n) is 9.46. The van der Waals surface area contributed by atoms with Gasteiger partial charge in [0.2, 0.25) is 0 Å². The van der Waals surface area contributed by atoms with E-state index in [0.29, 0.717) is 23.5 Å². The van der Waals surface area contributed by atoms with Crippen LogP contribution in [0.5, 0.6) is 5.75 Å². The van der Waals surface area contributed by atoms with Crippen LogP contribution < -0.4 is 10.4 Å². The molecule has 2 aromatic carbocycles. The number of methoxy groups -OCH3 is 1. The van der Waals surface area contributed by atoms with Gasteiger partial charge in [-0.3, -0.25) is 9.36 Å². The molecule has 3 aromatic rings. The first-order chi connectivity index (χ1) is 17.4. The van der Waals surface area contributed by atoms with Crippen molar-refractivity contribution >= 4 is 17.5 Å². The van der Waals surface area contributed by atoms with E-state index in [9.17, 15) is 14.0 Å². The Bertz CT molecular complexity index is 1250. The molecule has 1 aromatic heterocycles. The second-order valence-corrected chi connectivity index (χ2v) is 10.7. The maximum Gasteiger partial charge on any atom is 0.351 e. The molecule has 0 atom stereocenters. The smallest absolute Gasteiger partial charge is 0.351 e. The van der Waals surface area contributed by atoms with Gasteiger partial charge in [0.25, 0.3) is 0 Å². The van der Waals surface area contributed by atoms with E-state index >= 15 is 0 Å². The molecule has 2 heterocycles. The topological polar surface area (TPSA) is 69.4 Å². The minimum Gasteiger partial charge on any atom is -0.494 e. The van der Waals surface area contributed by atoms with Crippen LogP contribution in [0.2, 0.25) is 0 Å². The molecule has 1 aliphatic rings. The number of aromatic nitrogens is 3. The van der Waals surface area contributed by atoms with Crippen LogP contribution in [0.25, 0.3) is 17.1 Å². The summed E-state index contributed by atoms with van der Waals surface area (Å²) in [5, 5.41) is 4.56. The number of rotatable bonds is 10. The van der Waals surface area contributed by atoms with Gasteiger partial charge in [0.1, 0.15) is 0 Å². The van der Waals surface area contributed by atoms with Gasteiger partial charge in [0.05, 0.1) is 19.3 Å². The first kappa shape index (κ1) is 26.2. The number of carbonyl (C=O) groups excluding carboxylic acids is 1. The molecule has 0 aliphatic carbocycles. The molecule has 1 aliphatic heterocycles. The van der Waals surface area contributed by atoms with Crippen molar-refractivity contribution in [2.75, 3.05) is 38.2 Å². The lowest BCUT2D eigenvalue weighted by Crippen LogP contribution is -2.34. The molecular weight excluding hydrogens is 479 g/mol. The van der Waals surface area contributed by atoms with Crippen molar-refractivity contribution in [2.24, 2.45) is 5.92 Å². The molecule has 0 N–H and O–H groups in total. The summed E-state index contributed by atoms with van der Waals surface area (Å²) >= 11 is 2.00. The molecule has 0 spiro atoms. The van der Waals surface area contributed by atoms with Crippen LogP contribution in [-0.4, -0.2) is 63.3 Å². The molecule has 192 valence electrons. The fourth-order valence-electron chi connectivity index (χ4n) is 4.33. The Hall–Kier alpha value is -2.91. The fraction of sp³-hybridized carbons (Fsp3) is 0.444. The Balaban J connectivity index is 1.63. The molecule has 9 heteroatoms. The van der Waals surface area contributed by atoms with Gasteiger partial charge >= 0.3 is 5.69 Å². The summed E-state index contributed by atoms with van der Waals surface area (Å²) in [7, 11) is 1.38. The fourth-order valence-corrected chi connectivity index (χ4v) is 5.31. The van der Waals surface area contributed by atoms with Crippen molar-refractivity contribution in [3.8, 4) is 22.8 Å². The highest BCUT2D eigenvalue weighted by atomic mass is 32.2. The van der Waals surface area contributed by atoms with E-state index < -0.39 is 11.5 Å². The number of Topliss-reactive ketones (excluding diaryl/α,β-unsaturated/α-hetero) is 1. The molecule has 1 saturated heterocycles. The molecule has 1 fully saturated rings. The molecule has 7 nitrogen and oxygen atoms in total. The molecular formula is C27H33FN4O3S. The Morgan fingerprint density at radius 2 is 1.86 bits per heavy atom.